The third-order valence-corrected chi connectivity index (χ3v) is 3.14. The van der Waals surface area contributed by atoms with Crippen LogP contribution in [0.3, 0.4) is 0 Å². The molecule has 0 aromatic rings. The molecule has 0 aliphatic carbocycles. The monoisotopic (exact) mass is 169 g/mol. The Labute approximate surface area is 77.1 Å². The zero-order valence-electron chi connectivity index (χ0n) is 9.17. The highest BCUT2D eigenvalue weighted by atomic mass is 15.2. The van der Waals surface area contributed by atoms with Crippen LogP contribution in [0.15, 0.2) is 0 Å². The van der Waals surface area contributed by atoms with Gasteiger partial charge >= 0.3 is 0 Å². The van der Waals surface area contributed by atoms with Crippen molar-refractivity contribution in [2.45, 2.75) is 65.6 Å². The molecule has 1 nitrogen and oxygen atoms in total. The zero-order valence-corrected chi connectivity index (χ0v) is 9.17. The Hall–Kier alpha value is -0.0400. The molecule has 1 saturated heterocycles. The predicted molar refractivity (Wildman–Crippen MR) is 54.3 cm³/mol. The largest absolute Gasteiger partial charge is 0.295 e. The van der Waals surface area contributed by atoms with Gasteiger partial charge in [0.2, 0.25) is 0 Å². The standard InChI is InChI=1S/C11H23N/c1-8(2)11-7-6-10(5)12(11)9(3)4/h8-11H,6-7H2,1-5H3/t10-,11-/m0/s1. The average molecular weight is 169 g/mol. The summed E-state index contributed by atoms with van der Waals surface area (Å²) >= 11 is 0. The number of nitrogens with zero attached hydrogens (tertiary/aromatic N) is 1. The molecular weight excluding hydrogens is 146 g/mol. The van der Waals surface area contributed by atoms with E-state index in [2.05, 4.69) is 39.5 Å². The van der Waals surface area contributed by atoms with Crippen molar-refractivity contribution < 1.29 is 0 Å². The van der Waals surface area contributed by atoms with Gasteiger partial charge in [-0.1, -0.05) is 13.8 Å². The number of hydrogen-bond acceptors (Lipinski definition) is 1. The smallest absolute Gasteiger partial charge is 0.0124 e. The van der Waals surface area contributed by atoms with Gasteiger partial charge in [-0.25, -0.2) is 0 Å². The number of likely N-dealkylation sites (tertiary alicyclic amines) is 1. The minimum Gasteiger partial charge on any atom is -0.295 e. The summed E-state index contributed by atoms with van der Waals surface area (Å²) in [5.74, 6) is 0.817. The lowest BCUT2D eigenvalue weighted by Crippen LogP contribution is -2.42. The minimum absolute atomic E-state index is 0.717. The van der Waals surface area contributed by atoms with E-state index in [4.69, 9.17) is 0 Å². The SMILES string of the molecule is CC(C)[C@@H]1CC[C@H](C)N1C(C)C. The van der Waals surface area contributed by atoms with Gasteiger partial charge in [-0.3, -0.25) is 4.90 Å². The van der Waals surface area contributed by atoms with E-state index in [0.717, 1.165) is 24.0 Å². The first-order valence-corrected chi connectivity index (χ1v) is 5.31. The van der Waals surface area contributed by atoms with E-state index in [1.165, 1.54) is 12.8 Å². The fraction of sp³-hybridized carbons (Fsp3) is 1.00. The van der Waals surface area contributed by atoms with Crippen LogP contribution < -0.4 is 0 Å². The quantitative estimate of drug-likeness (QED) is 0.614. The molecule has 0 bridgehead atoms. The molecular formula is C11H23N. The molecule has 0 aromatic heterocycles. The second-order valence-corrected chi connectivity index (χ2v) is 4.78. The fourth-order valence-corrected chi connectivity index (χ4v) is 2.61. The summed E-state index contributed by atoms with van der Waals surface area (Å²) in [5, 5.41) is 0. The van der Waals surface area contributed by atoms with Crippen molar-refractivity contribution >= 4 is 0 Å². The molecule has 0 spiro atoms. The Kier molecular flexibility index (Phi) is 3.16. The molecule has 0 saturated carbocycles. The van der Waals surface area contributed by atoms with E-state index < -0.39 is 0 Å². The van der Waals surface area contributed by atoms with E-state index in [-0.39, 0.29) is 0 Å². The Morgan fingerprint density at radius 2 is 1.67 bits per heavy atom. The van der Waals surface area contributed by atoms with Crippen LogP contribution in [0.2, 0.25) is 0 Å². The van der Waals surface area contributed by atoms with Crippen LogP contribution in [0.5, 0.6) is 0 Å². The summed E-state index contributed by atoms with van der Waals surface area (Å²) in [7, 11) is 0. The Morgan fingerprint density at radius 3 is 2.00 bits per heavy atom. The van der Waals surface area contributed by atoms with Crippen molar-refractivity contribution in [3.63, 3.8) is 0 Å². The zero-order chi connectivity index (χ0) is 9.30. The molecule has 0 amide bonds. The summed E-state index contributed by atoms with van der Waals surface area (Å²) in [6.45, 7) is 11.7. The lowest BCUT2D eigenvalue weighted by molar-refractivity contribution is 0.127. The van der Waals surface area contributed by atoms with E-state index in [0.29, 0.717) is 0 Å². The van der Waals surface area contributed by atoms with Crippen molar-refractivity contribution in [2.24, 2.45) is 5.92 Å². The Balaban J connectivity index is 2.64. The van der Waals surface area contributed by atoms with Gasteiger partial charge in [-0.15, -0.1) is 0 Å². The molecule has 1 heteroatoms. The molecule has 1 aliphatic heterocycles. The topological polar surface area (TPSA) is 3.24 Å². The van der Waals surface area contributed by atoms with Gasteiger partial charge in [0.15, 0.2) is 0 Å². The van der Waals surface area contributed by atoms with Gasteiger partial charge in [-0.2, -0.15) is 0 Å². The summed E-state index contributed by atoms with van der Waals surface area (Å²) in [5.41, 5.74) is 0. The van der Waals surface area contributed by atoms with Crippen LogP contribution >= 0.6 is 0 Å². The molecule has 0 unspecified atom stereocenters. The van der Waals surface area contributed by atoms with Crippen molar-refractivity contribution in [3.05, 3.63) is 0 Å². The summed E-state index contributed by atoms with van der Waals surface area (Å²) in [6.07, 6.45) is 2.79. The van der Waals surface area contributed by atoms with E-state index in [1.807, 2.05) is 0 Å². The van der Waals surface area contributed by atoms with Crippen LogP contribution in [0, 0.1) is 5.92 Å². The number of rotatable bonds is 2. The molecule has 1 aliphatic rings. The van der Waals surface area contributed by atoms with Gasteiger partial charge in [0, 0.05) is 18.1 Å². The lowest BCUT2D eigenvalue weighted by Gasteiger charge is -2.34. The molecule has 2 atom stereocenters. The van der Waals surface area contributed by atoms with E-state index >= 15 is 0 Å². The van der Waals surface area contributed by atoms with Crippen LogP contribution in [0.4, 0.5) is 0 Å². The van der Waals surface area contributed by atoms with Crippen molar-refractivity contribution in [2.75, 3.05) is 0 Å². The van der Waals surface area contributed by atoms with Crippen LogP contribution in [0.25, 0.3) is 0 Å². The summed E-state index contributed by atoms with van der Waals surface area (Å²) in [6, 6.07) is 2.35. The van der Waals surface area contributed by atoms with Gasteiger partial charge in [0.05, 0.1) is 0 Å². The van der Waals surface area contributed by atoms with Crippen LogP contribution in [-0.4, -0.2) is 23.0 Å². The van der Waals surface area contributed by atoms with Crippen molar-refractivity contribution in [1.29, 1.82) is 0 Å². The lowest BCUT2D eigenvalue weighted by atomic mass is 10.0. The third kappa shape index (κ3) is 1.82. The summed E-state index contributed by atoms with van der Waals surface area (Å²) in [4.78, 5) is 2.69. The molecule has 0 radical (unpaired) electrons. The van der Waals surface area contributed by atoms with Crippen LogP contribution in [-0.2, 0) is 0 Å². The highest BCUT2D eigenvalue weighted by molar-refractivity contribution is 4.88. The van der Waals surface area contributed by atoms with Crippen molar-refractivity contribution in [1.82, 2.24) is 4.90 Å². The van der Waals surface area contributed by atoms with Gasteiger partial charge in [0.1, 0.15) is 0 Å². The maximum atomic E-state index is 2.69. The second-order valence-electron chi connectivity index (χ2n) is 4.78. The molecule has 1 fully saturated rings. The minimum atomic E-state index is 0.717. The molecule has 0 N–H and O–H groups in total. The Morgan fingerprint density at radius 1 is 1.08 bits per heavy atom. The van der Waals surface area contributed by atoms with Gasteiger partial charge < -0.3 is 0 Å². The highest BCUT2D eigenvalue weighted by Gasteiger charge is 2.33. The average Bonchev–Trinajstić information content (AvgIpc) is 2.30. The third-order valence-electron chi connectivity index (χ3n) is 3.14. The molecule has 12 heavy (non-hydrogen) atoms. The summed E-state index contributed by atoms with van der Waals surface area (Å²) < 4.78 is 0. The molecule has 0 aromatic carbocycles. The van der Waals surface area contributed by atoms with Gasteiger partial charge in [0.25, 0.3) is 0 Å². The maximum absolute atomic E-state index is 2.69. The highest BCUT2D eigenvalue weighted by Crippen LogP contribution is 2.30. The first-order valence-electron chi connectivity index (χ1n) is 5.31. The molecule has 1 heterocycles. The normalized spacial score (nSPS) is 32.2. The van der Waals surface area contributed by atoms with E-state index in [9.17, 15) is 0 Å². The molecule has 1 rings (SSSR count). The van der Waals surface area contributed by atoms with Crippen molar-refractivity contribution in [3.8, 4) is 0 Å². The van der Waals surface area contributed by atoms with Crippen LogP contribution in [0.1, 0.15) is 47.5 Å². The van der Waals surface area contributed by atoms with Gasteiger partial charge in [-0.05, 0) is 39.5 Å². The Bertz CT molecular complexity index is 140. The first kappa shape index (κ1) is 10.0. The molecule has 72 valence electrons. The second kappa shape index (κ2) is 3.78. The number of hydrogen-bond donors (Lipinski definition) is 0. The maximum Gasteiger partial charge on any atom is 0.0124 e. The first-order chi connectivity index (χ1) is 5.54. The fourth-order valence-electron chi connectivity index (χ4n) is 2.61. The van der Waals surface area contributed by atoms with E-state index in [1.54, 1.807) is 0 Å². The predicted octanol–water partition coefficient (Wildman–Crippen LogP) is 2.90.